The number of fused-ring (bicyclic) bond motifs is 1. The van der Waals surface area contributed by atoms with Gasteiger partial charge in [0, 0.05) is 0 Å². The van der Waals surface area contributed by atoms with Gasteiger partial charge < -0.3 is 24.3 Å². The van der Waals surface area contributed by atoms with Gasteiger partial charge in [0.15, 0.2) is 17.6 Å². The van der Waals surface area contributed by atoms with Gasteiger partial charge in [-0.05, 0) is 36.8 Å². The second-order valence-electron chi connectivity index (χ2n) is 5.98. The first kappa shape index (κ1) is 18.6. The number of nitrogens with one attached hydrogen (secondary N) is 1. The Morgan fingerprint density at radius 2 is 1.85 bits per heavy atom. The molecular weight excluding hydrogens is 350 g/mol. The van der Waals surface area contributed by atoms with E-state index in [0.717, 1.165) is 5.56 Å². The molecule has 0 radical (unpaired) electrons. The molecule has 7 nitrogen and oxygen atoms in total. The van der Waals surface area contributed by atoms with E-state index < -0.39 is 18.0 Å². The first-order valence-electron chi connectivity index (χ1n) is 8.58. The molecule has 1 N–H and O–H groups in total. The van der Waals surface area contributed by atoms with Crippen LogP contribution < -0.4 is 19.5 Å². The van der Waals surface area contributed by atoms with Crippen molar-refractivity contribution in [2.24, 2.45) is 0 Å². The lowest BCUT2D eigenvalue weighted by atomic mass is 10.1. The fraction of sp³-hybridized carbons (Fsp3) is 0.300. The number of amides is 1. The summed E-state index contributed by atoms with van der Waals surface area (Å²) in [7, 11) is 1.52. The minimum atomic E-state index is -0.945. The standard InChI is InChI=1S/C20H21NO6/c1-13(20(23)21-15-5-3-4-6-16(15)24-2)27-19(22)12-14-7-8-17-18(11-14)26-10-9-25-17/h3-8,11,13H,9-10,12H2,1-2H3,(H,21,23)/t13-/m0/s1. The van der Waals surface area contributed by atoms with E-state index in [1.807, 2.05) is 0 Å². The van der Waals surface area contributed by atoms with Gasteiger partial charge in [-0.15, -0.1) is 0 Å². The maximum absolute atomic E-state index is 12.3. The van der Waals surface area contributed by atoms with Crippen LogP contribution in [-0.2, 0) is 20.7 Å². The summed E-state index contributed by atoms with van der Waals surface area (Å²) in [6.07, 6.45) is -0.914. The fourth-order valence-corrected chi connectivity index (χ4v) is 2.64. The monoisotopic (exact) mass is 371 g/mol. The molecule has 1 amide bonds. The third-order valence-electron chi connectivity index (χ3n) is 4.00. The van der Waals surface area contributed by atoms with Crippen LogP contribution in [0.4, 0.5) is 5.69 Å². The summed E-state index contributed by atoms with van der Waals surface area (Å²) < 4.78 is 21.4. The molecule has 0 fully saturated rings. The molecular formula is C20H21NO6. The smallest absolute Gasteiger partial charge is 0.311 e. The Labute approximate surface area is 157 Å². The minimum absolute atomic E-state index is 0.0307. The molecule has 0 spiro atoms. The van der Waals surface area contributed by atoms with Gasteiger partial charge in [0.1, 0.15) is 19.0 Å². The van der Waals surface area contributed by atoms with Gasteiger partial charge >= 0.3 is 5.97 Å². The molecule has 0 aromatic heterocycles. The highest BCUT2D eigenvalue weighted by atomic mass is 16.6. The number of rotatable bonds is 6. The molecule has 2 aromatic carbocycles. The first-order chi connectivity index (χ1) is 13.1. The number of esters is 1. The number of methoxy groups -OCH3 is 1. The number of ether oxygens (including phenoxy) is 4. The van der Waals surface area contributed by atoms with Crippen molar-refractivity contribution in [3.63, 3.8) is 0 Å². The average molecular weight is 371 g/mol. The Morgan fingerprint density at radius 1 is 1.11 bits per heavy atom. The van der Waals surface area contributed by atoms with E-state index in [9.17, 15) is 9.59 Å². The molecule has 1 aliphatic rings. The molecule has 7 heteroatoms. The Balaban J connectivity index is 1.56. The summed E-state index contributed by atoms with van der Waals surface area (Å²) >= 11 is 0. The maximum atomic E-state index is 12.3. The summed E-state index contributed by atoms with van der Waals surface area (Å²) in [6.45, 7) is 2.50. The third-order valence-corrected chi connectivity index (χ3v) is 4.00. The molecule has 1 heterocycles. The molecule has 0 bridgehead atoms. The van der Waals surface area contributed by atoms with E-state index in [1.165, 1.54) is 14.0 Å². The van der Waals surface area contributed by atoms with E-state index in [2.05, 4.69) is 5.32 Å². The van der Waals surface area contributed by atoms with Gasteiger partial charge in [0.25, 0.3) is 5.91 Å². The van der Waals surface area contributed by atoms with Crippen LogP contribution >= 0.6 is 0 Å². The number of hydrogen-bond acceptors (Lipinski definition) is 6. The molecule has 3 rings (SSSR count). The van der Waals surface area contributed by atoms with Crippen molar-refractivity contribution in [1.82, 2.24) is 0 Å². The zero-order chi connectivity index (χ0) is 19.2. The van der Waals surface area contributed by atoms with Crippen molar-refractivity contribution in [2.75, 3.05) is 25.6 Å². The van der Waals surface area contributed by atoms with Crippen molar-refractivity contribution < 1.29 is 28.5 Å². The topological polar surface area (TPSA) is 83.1 Å². The fourth-order valence-electron chi connectivity index (χ4n) is 2.64. The first-order valence-corrected chi connectivity index (χ1v) is 8.58. The lowest BCUT2D eigenvalue weighted by molar-refractivity contribution is -0.152. The number of anilines is 1. The number of benzene rings is 2. The average Bonchev–Trinajstić information content (AvgIpc) is 2.68. The number of hydrogen-bond donors (Lipinski definition) is 1. The summed E-state index contributed by atoms with van der Waals surface area (Å²) in [5.74, 6) is 0.849. The zero-order valence-electron chi connectivity index (χ0n) is 15.2. The maximum Gasteiger partial charge on any atom is 0.311 e. The summed E-state index contributed by atoms with van der Waals surface area (Å²) in [6, 6.07) is 12.3. The Bertz CT molecular complexity index is 835. The van der Waals surface area contributed by atoms with Gasteiger partial charge in [-0.1, -0.05) is 18.2 Å². The minimum Gasteiger partial charge on any atom is -0.495 e. The molecule has 1 atom stereocenters. The Hall–Kier alpha value is -3.22. The van der Waals surface area contributed by atoms with Crippen molar-refractivity contribution in [3.05, 3.63) is 48.0 Å². The number of carbonyl (C=O) groups is 2. The van der Waals surface area contributed by atoms with E-state index in [0.29, 0.717) is 36.1 Å². The van der Waals surface area contributed by atoms with Gasteiger partial charge in [0.05, 0.1) is 19.2 Å². The van der Waals surface area contributed by atoms with E-state index in [1.54, 1.807) is 42.5 Å². The molecule has 0 unspecified atom stereocenters. The van der Waals surface area contributed by atoms with Crippen LogP contribution in [0.25, 0.3) is 0 Å². The van der Waals surface area contributed by atoms with Crippen LogP contribution in [0, 0.1) is 0 Å². The van der Waals surface area contributed by atoms with E-state index in [-0.39, 0.29) is 6.42 Å². The quantitative estimate of drug-likeness (QED) is 0.786. The highest BCUT2D eigenvalue weighted by Crippen LogP contribution is 2.31. The summed E-state index contributed by atoms with van der Waals surface area (Å²) in [5, 5.41) is 2.69. The van der Waals surface area contributed by atoms with Gasteiger partial charge in [-0.3, -0.25) is 9.59 Å². The van der Waals surface area contributed by atoms with Crippen molar-refractivity contribution in [1.29, 1.82) is 0 Å². The molecule has 0 saturated heterocycles. The van der Waals surface area contributed by atoms with Gasteiger partial charge in [-0.2, -0.15) is 0 Å². The van der Waals surface area contributed by atoms with Crippen molar-refractivity contribution in [2.45, 2.75) is 19.4 Å². The van der Waals surface area contributed by atoms with Gasteiger partial charge in [0.2, 0.25) is 0 Å². The zero-order valence-corrected chi connectivity index (χ0v) is 15.2. The second kappa shape index (κ2) is 8.44. The largest absolute Gasteiger partial charge is 0.495 e. The van der Waals surface area contributed by atoms with Crippen molar-refractivity contribution in [3.8, 4) is 17.2 Å². The SMILES string of the molecule is COc1ccccc1NC(=O)[C@H](C)OC(=O)Cc1ccc2c(c1)OCCO2. The van der Waals surface area contributed by atoms with Gasteiger partial charge in [-0.25, -0.2) is 0 Å². The normalized spacial score (nSPS) is 13.4. The predicted octanol–water partition coefficient (Wildman–Crippen LogP) is 2.58. The molecule has 0 aliphatic carbocycles. The van der Waals surface area contributed by atoms with Crippen LogP contribution in [0.1, 0.15) is 12.5 Å². The number of carbonyl (C=O) groups excluding carboxylic acids is 2. The lowest BCUT2D eigenvalue weighted by Gasteiger charge is -2.19. The third kappa shape index (κ3) is 4.69. The Kier molecular flexibility index (Phi) is 5.80. The van der Waals surface area contributed by atoms with Crippen LogP contribution in [0.5, 0.6) is 17.2 Å². The molecule has 2 aromatic rings. The highest BCUT2D eigenvalue weighted by Gasteiger charge is 2.20. The van der Waals surface area contributed by atoms with Crippen LogP contribution in [-0.4, -0.2) is 38.3 Å². The van der Waals surface area contributed by atoms with E-state index >= 15 is 0 Å². The second-order valence-corrected chi connectivity index (χ2v) is 5.98. The molecule has 27 heavy (non-hydrogen) atoms. The molecule has 0 saturated carbocycles. The van der Waals surface area contributed by atoms with E-state index in [4.69, 9.17) is 18.9 Å². The molecule has 1 aliphatic heterocycles. The Morgan fingerprint density at radius 3 is 2.63 bits per heavy atom. The van der Waals surface area contributed by atoms with Crippen molar-refractivity contribution >= 4 is 17.6 Å². The number of para-hydroxylation sites is 2. The lowest BCUT2D eigenvalue weighted by Crippen LogP contribution is -2.30. The highest BCUT2D eigenvalue weighted by molar-refractivity contribution is 5.96. The van der Waals surface area contributed by atoms with Crippen LogP contribution in [0.3, 0.4) is 0 Å². The molecule has 142 valence electrons. The summed E-state index contributed by atoms with van der Waals surface area (Å²) in [4.78, 5) is 24.5. The van der Waals surface area contributed by atoms with Crippen LogP contribution in [0.2, 0.25) is 0 Å². The summed E-state index contributed by atoms with van der Waals surface area (Å²) in [5.41, 5.74) is 1.24. The van der Waals surface area contributed by atoms with Crippen LogP contribution in [0.15, 0.2) is 42.5 Å². The predicted molar refractivity (Wildman–Crippen MR) is 98.3 cm³/mol.